The Labute approximate surface area is 98.4 Å². The van der Waals surface area contributed by atoms with Crippen LogP contribution in [-0.2, 0) is 9.53 Å². The Morgan fingerprint density at radius 2 is 2.00 bits per heavy atom. The Balaban J connectivity index is 2.15. The molecule has 0 bridgehead atoms. The zero-order chi connectivity index (χ0) is 12.3. The number of carboxylic acids is 1. The van der Waals surface area contributed by atoms with Crippen molar-refractivity contribution >= 4 is 11.9 Å². The molecular weight excluding hydrogens is 222 g/mol. The van der Waals surface area contributed by atoms with Crippen molar-refractivity contribution in [3.63, 3.8) is 0 Å². The minimum Gasteiger partial charge on any atom is -0.479 e. The number of hydrogen-bond acceptors (Lipinski definition) is 3. The van der Waals surface area contributed by atoms with E-state index < -0.39 is 17.4 Å². The van der Waals surface area contributed by atoms with E-state index in [2.05, 4.69) is 5.32 Å². The van der Waals surface area contributed by atoms with Crippen LogP contribution in [0.15, 0.2) is 30.3 Å². The largest absolute Gasteiger partial charge is 0.479 e. The van der Waals surface area contributed by atoms with E-state index in [1.54, 1.807) is 30.3 Å². The van der Waals surface area contributed by atoms with Gasteiger partial charge < -0.3 is 15.2 Å². The first-order valence-electron chi connectivity index (χ1n) is 5.33. The molecule has 1 aromatic carbocycles. The van der Waals surface area contributed by atoms with E-state index in [1.165, 1.54) is 0 Å². The van der Waals surface area contributed by atoms with Gasteiger partial charge >= 0.3 is 5.97 Å². The molecule has 1 aliphatic heterocycles. The predicted octanol–water partition coefficient (Wildman–Crippen LogP) is 0.660. The number of carboxylic acid groups (broad SMARTS) is 1. The smallest absolute Gasteiger partial charge is 0.331 e. The lowest BCUT2D eigenvalue weighted by Crippen LogP contribution is -2.55. The molecule has 5 heteroatoms. The highest BCUT2D eigenvalue weighted by atomic mass is 16.5. The Morgan fingerprint density at radius 1 is 1.29 bits per heavy atom. The minimum atomic E-state index is -1.28. The fraction of sp³-hybridized carbons (Fsp3) is 0.333. The summed E-state index contributed by atoms with van der Waals surface area (Å²) in [7, 11) is 0. The van der Waals surface area contributed by atoms with Crippen LogP contribution in [0.4, 0.5) is 0 Å². The zero-order valence-electron chi connectivity index (χ0n) is 9.18. The second-order valence-electron chi connectivity index (χ2n) is 4.01. The maximum absolute atomic E-state index is 11.9. The number of carbonyl (C=O) groups excluding carboxylic acids is 1. The van der Waals surface area contributed by atoms with Crippen LogP contribution in [0.5, 0.6) is 0 Å². The van der Waals surface area contributed by atoms with E-state index >= 15 is 0 Å². The van der Waals surface area contributed by atoms with Gasteiger partial charge in [-0.3, -0.25) is 4.79 Å². The number of carbonyl (C=O) groups is 2. The standard InChI is InChI=1S/C12H13NO4/c14-10(9-4-2-1-3-5-9)13-12(11(15)16)6-7-17-8-12/h1-5H,6-8H2,(H,13,14)(H,15,16). The minimum absolute atomic E-state index is 0.0148. The summed E-state index contributed by atoms with van der Waals surface area (Å²) in [6, 6.07) is 8.53. The predicted molar refractivity (Wildman–Crippen MR) is 59.7 cm³/mol. The van der Waals surface area contributed by atoms with Crippen LogP contribution in [0.3, 0.4) is 0 Å². The molecule has 90 valence electrons. The molecule has 1 fully saturated rings. The lowest BCUT2D eigenvalue weighted by atomic mass is 9.98. The van der Waals surface area contributed by atoms with Crippen LogP contribution in [0.25, 0.3) is 0 Å². The van der Waals surface area contributed by atoms with Gasteiger partial charge in [0.2, 0.25) is 0 Å². The Morgan fingerprint density at radius 3 is 2.53 bits per heavy atom. The van der Waals surface area contributed by atoms with Gasteiger partial charge in [-0.2, -0.15) is 0 Å². The molecule has 0 radical (unpaired) electrons. The number of ether oxygens (including phenoxy) is 1. The van der Waals surface area contributed by atoms with Crippen molar-refractivity contribution in [3.05, 3.63) is 35.9 Å². The molecular formula is C12H13NO4. The van der Waals surface area contributed by atoms with Gasteiger partial charge in [0.1, 0.15) is 0 Å². The van der Waals surface area contributed by atoms with Crippen molar-refractivity contribution in [2.75, 3.05) is 13.2 Å². The van der Waals surface area contributed by atoms with Gasteiger partial charge in [-0.15, -0.1) is 0 Å². The van der Waals surface area contributed by atoms with E-state index in [0.29, 0.717) is 18.6 Å². The van der Waals surface area contributed by atoms with Gasteiger partial charge in [-0.25, -0.2) is 4.79 Å². The molecule has 0 aliphatic carbocycles. The van der Waals surface area contributed by atoms with Crippen LogP contribution in [0.2, 0.25) is 0 Å². The Hall–Kier alpha value is -1.88. The van der Waals surface area contributed by atoms with Crippen LogP contribution in [-0.4, -0.2) is 35.7 Å². The van der Waals surface area contributed by atoms with E-state index in [9.17, 15) is 9.59 Å². The summed E-state index contributed by atoms with van der Waals surface area (Å²) in [4.78, 5) is 23.1. The summed E-state index contributed by atoms with van der Waals surface area (Å²) in [5, 5.41) is 11.7. The van der Waals surface area contributed by atoms with Crippen molar-refractivity contribution in [2.45, 2.75) is 12.0 Å². The molecule has 1 saturated heterocycles. The van der Waals surface area contributed by atoms with Crippen LogP contribution in [0.1, 0.15) is 16.8 Å². The number of rotatable bonds is 3. The van der Waals surface area contributed by atoms with Gasteiger partial charge in [-0.05, 0) is 12.1 Å². The van der Waals surface area contributed by atoms with E-state index in [1.807, 2.05) is 0 Å². The number of nitrogens with one attached hydrogen (secondary N) is 1. The molecule has 1 atom stereocenters. The number of hydrogen-bond donors (Lipinski definition) is 2. The third-order valence-corrected chi connectivity index (χ3v) is 2.82. The highest BCUT2D eigenvalue weighted by Gasteiger charge is 2.44. The van der Waals surface area contributed by atoms with E-state index in [4.69, 9.17) is 9.84 Å². The van der Waals surface area contributed by atoms with Crippen molar-refractivity contribution in [1.82, 2.24) is 5.32 Å². The number of amides is 1. The van der Waals surface area contributed by atoms with Gasteiger partial charge in [0.05, 0.1) is 6.61 Å². The third kappa shape index (κ3) is 2.29. The zero-order valence-corrected chi connectivity index (χ0v) is 9.18. The maximum atomic E-state index is 11.9. The molecule has 0 aromatic heterocycles. The van der Waals surface area contributed by atoms with Crippen molar-refractivity contribution in [2.24, 2.45) is 0 Å². The summed E-state index contributed by atoms with van der Waals surface area (Å²) in [6.45, 7) is 0.363. The third-order valence-electron chi connectivity index (χ3n) is 2.82. The molecule has 5 nitrogen and oxygen atoms in total. The monoisotopic (exact) mass is 235 g/mol. The first-order chi connectivity index (χ1) is 8.14. The average Bonchev–Trinajstić information content (AvgIpc) is 2.80. The van der Waals surface area contributed by atoms with Gasteiger partial charge in [0.15, 0.2) is 5.54 Å². The molecule has 1 aliphatic rings. The quantitative estimate of drug-likeness (QED) is 0.807. The Bertz CT molecular complexity index is 423. The van der Waals surface area contributed by atoms with Crippen LogP contribution in [0, 0.1) is 0 Å². The van der Waals surface area contributed by atoms with Crippen LogP contribution >= 0.6 is 0 Å². The summed E-state index contributed by atoms with van der Waals surface area (Å²) >= 11 is 0. The number of benzene rings is 1. The number of aliphatic carboxylic acids is 1. The molecule has 17 heavy (non-hydrogen) atoms. The highest BCUT2D eigenvalue weighted by molar-refractivity contribution is 5.98. The van der Waals surface area contributed by atoms with Gasteiger partial charge in [0.25, 0.3) is 5.91 Å². The molecule has 1 amide bonds. The first kappa shape index (κ1) is 11.6. The summed E-state index contributed by atoms with van der Waals surface area (Å²) in [6.07, 6.45) is 0.293. The molecule has 0 saturated carbocycles. The van der Waals surface area contributed by atoms with Crippen molar-refractivity contribution in [1.29, 1.82) is 0 Å². The summed E-state index contributed by atoms with van der Waals surface area (Å²) in [5.74, 6) is -1.45. The lowest BCUT2D eigenvalue weighted by Gasteiger charge is -2.23. The Kier molecular flexibility index (Phi) is 3.10. The molecule has 1 heterocycles. The van der Waals surface area contributed by atoms with Crippen molar-refractivity contribution in [3.8, 4) is 0 Å². The molecule has 1 unspecified atom stereocenters. The second-order valence-corrected chi connectivity index (χ2v) is 4.01. The summed E-state index contributed by atoms with van der Waals surface area (Å²) in [5.41, 5.74) is -0.840. The van der Waals surface area contributed by atoms with Gasteiger partial charge in [0, 0.05) is 18.6 Å². The molecule has 1 aromatic rings. The van der Waals surface area contributed by atoms with Crippen molar-refractivity contribution < 1.29 is 19.4 Å². The molecule has 2 N–H and O–H groups in total. The van der Waals surface area contributed by atoms with E-state index in [-0.39, 0.29) is 6.61 Å². The second kappa shape index (κ2) is 4.55. The normalized spacial score (nSPS) is 23.3. The lowest BCUT2D eigenvalue weighted by molar-refractivity contribution is -0.144. The molecule has 2 rings (SSSR count). The average molecular weight is 235 g/mol. The highest BCUT2D eigenvalue weighted by Crippen LogP contribution is 2.19. The first-order valence-corrected chi connectivity index (χ1v) is 5.33. The molecule has 0 spiro atoms. The maximum Gasteiger partial charge on any atom is 0.331 e. The SMILES string of the molecule is O=C(NC1(C(=O)O)CCOC1)c1ccccc1. The fourth-order valence-corrected chi connectivity index (χ4v) is 1.76. The topological polar surface area (TPSA) is 75.6 Å². The van der Waals surface area contributed by atoms with Gasteiger partial charge in [-0.1, -0.05) is 18.2 Å². The van der Waals surface area contributed by atoms with E-state index in [0.717, 1.165) is 0 Å². The fourth-order valence-electron chi connectivity index (χ4n) is 1.76. The van der Waals surface area contributed by atoms with Crippen LogP contribution < -0.4 is 5.32 Å². The summed E-state index contributed by atoms with van der Waals surface area (Å²) < 4.78 is 5.06.